The highest BCUT2D eigenvalue weighted by Crippen LogP contribution is 2.19. The molecule has 0 saturated carbocycles. The quantitative estimate of drug-likeness (QED) is 0.692. The molecule has 1 N–H and O–H groups in total. The molecule has 2 heterocycles. The molecule has 0 amide bonds. The summed E-state index contributed by atoms with van der Waals surface area (Å²) in [5, 5.41) is 0.658. The van der Waals surface area contributed by atoms with Gasteiger partial charge in [-0.2, -0.15) is 0 Å². The van der Waals surface area contributed by atoms with Crippen LogP contribution in [0.25, 0.3) is 16.6 Å². The largest absolute Gasteiger partial charge is 0.322 e. The Morgan fingerprint density at radius 1 is 1.29 bits per heavy atom. The summed E-state index contributed by atoms with van der Waals surface area (Å²) in [7, 11) is 0. The lowest BCUT2D eigenvalue weighted by Crippen LogP contribution is -2.04. The van der Waals surface area contributed by atoms with E-state index in [4.69, 9.17) is 0 Å². The van der Waals surface area contributed by atoms with E-state index in [-0.39, 0.29) is 11.4 Å². The van der Waals surface area contributed by atoms with E-state index in [1.165, 1.54) is 18.5 Å². The maximum atomic E-state index is 13.8. The number of pyridine rings is 1. The van der Waals surface area contributed by atoms with Crippen LogP contribution in [0, 0.1) is 5.82 Å². The first-order valence-corrected chi connectivity index (χ1v) is 5.05. The number of rotatable bonds is 1. The van der Waals surface area contributed by atoms with Crippen molar-refractivity contribution in [2.24, 2.45) is 0 Å². The van der Waals surface area contributed by atoms with Crippen LogP contribution in [0.15, 0.2) is 47.8 Å². The average Bonchev–Trinajstić information content (AvgIpc) is 2.82. The van der Waals surface area contributed by atoms with E-state index in [2.05, 4.69) is 9.97 Å². The molecule has 2 aromatic heterocycles. The fourth-order valence-corrected chi connectivity index (χ4v) is 1.76. The Morgan fingerprint density at radius 2 is 2.18 bits per heavy atom. The van der Waals surface area contributed by atoms with E-state index < -0.39 is 0 Å². The molecule has 0 radical (unpaired) electrons. The van der Waals surface area contributed by atoms with Crippen LogP contribution in [0.2, 0.25) is 0 Å². The highest BCUT2D eigenvalue weighted by molar-refractivity contribution is 5.80. The van der Waals surface area contributed by atoms with Gasteiger partial charge in [-0.1, -0.05) is 0 Å². The number of nitrogens with zero attached hydrogens (tertiary/aromatic N) is 2. The third-order valence-corrected chi connectivity index (χ3v) is 2.57. The zero-order valence-electron chi connectivity index (χ0n) is 8.72. The Morgan fingerprint density at radius 3 is 2.94 bits per heavy atom. The SMILES string of the molecule is O=c1ccc2cc(F)c(-n3ccnc3)cc2[nH]1. The Hall–Kier alpha value is -2.43. The molecule has 17 heavy (non-hydrogen) atoms. The standard InChI is InChI=1S/C12H8FN3O/c13-9-5-8-1-2-12(17)15-10(8)6-11(9)16-4-3-14-7-16/h1-7H,(H,15,17). The van der Waals surface area contributed by atoms with Crippen molar-refractivity contribution in [1.82, 2.24) is 14.5 Å². The molecule has 0 bridgehead atoms. The van der Waals surface area contributed by atoms with Crippen molar-refractivity contribution in [3.8, 4) is 5.69 Å². The van der Waals surface area contributed by atoms with Crippen molar-refractivity contribution in [2.45, 2.75) is 0 Å². The second kappa shape index (κ2) is 3.55. The highest BCUT2D eigenvalue weighted by atomic mass is 19.1. The van der Waals surface area contributed by atoms with Crippen LogP contribution in [0.1, 0.15) is 0 Å². The predicted molar refractivity (Wildman–Crippen MR) is 61.6 cm³/mol. The van der Waals surface area contributed by atoms with Gasteiger partial charge in [-0.25, -0.2) is 9.37 Å². The lowest BCUT2D eigenvalue weighted by Gasteiger charge is -2.05. The molecule has 0 atom stereocenters. The van der Waals surface area contributed by atoms with E-state index >= 15 is 0 Å². The van der Waals surface area contributed by atoms with Crippen molar-refractivity contribution >= 4 is 10.9 Å². The number of aromatic amines is 1. The van der Waals surface area contributed by atoms with Crippen LogP contribution >= 0.6 is 0 Å². The first-order valence-electron chi connectivity index (χ1n) is 5.05. The molecule has 0 aliphatic rings. The summed E-state index contributed by atoms with van der Waals surface area (Å²) in [5.41, 5.74) is 0.750. The molecule has 0 aliphatic heterocycles. The van der Waals surface area contributed by atoms with Crippen LogP contribution in [0.5, 0.6) is 0 Å². The maximum Gasteiger partial charge on any atom is 0.248 e. The Balaban J connectivity index is 2.33. The average molecular weight is 229 g/mol. The number of hydrogen-bond acceptors (Lipinski definition) is 2. The van der Waals surface area contributed by atoms with E-state index in [0.717, 1.165) is 0 Å². The number of halogens is 1. The number of benzene rings is 1. The molecule has 1 aromatic carbocycles. The predicted octanol–water partition coefficient (Wildman–Crippen LogP) is 1.85. The van der Waals surface area contributed by atoms with Crippen molar-refractivity contribution in [2.75, 3.05) is 0 Å². The Bertz CT molecular complexity index is 731. The molecule has 3 aromatic rings. The van der Waals surface area contributed by atoms with Gasteiger partial charge in [0.05, 0.1) is 17.5 Å². The van der Waals surface area contributed by atoms with Gasteiger partial charge in [0.2, 0.25) is 5.56 Å². The smallest absolute Gasteiger partial charge is 0.248 e. The maximum absolute atomic E-state index is 13.8. The van der Waals surface area contributed by atoms with Gasteiger partial charge in [-0.15, -0.1) is 0 Å². The number of aromatic nitrogens is 3. The molecule has 84 valence electrons. The second-order valence-electron chi connectivity index (χ2n) is 3.68. The fraction of sp³-hybridized carbons (Fsp3) is 0. The van der Waals surface area contributed by atoms with Crippen LogP contribution < -0.4 is 5.56 Å². The minimum atomic E-state index is -0.359. The van der Waals surface area contributed by atoms with Gasteiger partial charge in [0, 0.05) is 23.8 Å². The minimum Gasteiger partial charge on any atom is -0.322 e. The molecule has 0 spiro atoms. The van der Waals surface area contributed by atoms with Gasteiger partial charge >= 0.3 is 0 Å². The topological polar surface area (TPSA) is 50.7 Å². The Labute approximate surface area is 95.4 Å². The normalized spacial score (nSPS) is 10.9. The van der Waals surface area contributed by atoms with Crippen LogP contribution in [0.3, 0.4) is 0 Å². The number of H-pyrrole nitrogens is 1. The molecule has 0 aliphatic carbocycles. The zero-order chi connectivity index (χ0) is 11.8. The first-order chi connectivity index (χ1) is 8.24. The van der Waals surface area contributed by atoms with Gasteiger partial charge in [0.25, 0.3) is 0 Å². The van der Waals surface area contributed by atoms with Crippen LogP contribution in [-0.2, 0) is 0 Å². The summed E-state index contributed by atoms with van der Waals surface area (Å²) >= 11 is 0. The summed E-state index contributed by atoms with van der Waals surface area (Å²) in [6.45, 7) is 0. The van der Waals surface area contributed by atoms with E-state index in [1.807, 2.05) is 0 Å². The van der Waals surface area contributed by atoms with Crippen molar-refractivity contribution in [1.29, 1.82) is 0 Å². The van der Waals surface area contributed by atoms with E-state index in [1.54, 1.807) is 29.1 Å². The first kappa shape index (κ1) is 9.77. The zero-order valence-corrected chi connectivity index (χ0v) is 8.72. The Kier molecular flexibility index (Phi) is 2.04. The van der Waals surface area contributed by atoms with Crippen molar-refractivity contribution in [3.05, 3.63) is 59.2 Å². The highest BCUT2D eigenvalue weighted by Gasteiger charge is 2.06. The fourth-order valence-electron chi connectivity index (χ4n) is 1.76. The number of imidazole rings is 1. The third kappa shape index (κ3) is 1.61. The lowest BCUT2D eigenvalue weighted by atomic mass is 10.2. The van der Waals surface area contributed by atoms with Crippen molar-refractivity contribution < 1.29 is 4.39 Å². The molecular weight excluding hydrogens is 221 g/mol. The van der Waals surface area contributed by atoms with E-state index in [9.17, 15) is 9.18 Å². The molecular formula is C12H8FN3O. The minimum absolute atomic E-state index is 0.208. The van der Waals surface area contributed by atoms with E-state index in [0.29, 0.717) is 16.6 Å². The molecule has 5 heteroatoms. The van der Waals surface area contributed by atoms with Gasteiger partial charge < -0.3 is 9.55 Å². The second-order valence-corrected chi connectivity index (χ2v) is 3.68. The molecule has 0 saturated heterocycles. The molecule has 4 nitrogen and oxygen atoms in total. The number of nitrogens with one attached hydrogen (secondary N) is 1. The lowest BCUT2D eigenvalue weighted by molar-refractivity contribution is 0.620. The molecule has 0 unspecified atom stereocenters. The van der Waals surface area contributed by atoms with Gasteiger partial charge in [0.15, 0.2) is 0 Å². The summed E-state index contributed by atoms with van der Waals surface area (Å²) < 4.78 is 15.4. The van der Waals surface area contributed by atoms with Gasteiger partial charge in [-0.3, -0.25) is 4.79 Å². The summed E-state index contributed by atoms with van der Waals surface area (Å²) in [4.78, 5) is 17.7. The van der Waals surface area contributed by atoms with Gasteiger partial charge in [0.1, 0.15) is 5.82 Å². The number of hydrogen-bond donors (Lipinski definition) is 1. The van der Waals surface area contributed by atoms with Gasteiger partial charge in [-0.05, 0) is 18.2 Å². The van der Waals surface area contributed by atoms with Crippen LogP contribution in [0.4, 0.5) is 4.39 Å². The monoisotopic (exact) mass is 229 g/mol. The number of fused-ring (bicyclic) bond motifs is 1. The molecule has 3 rings (SSSR count). The third-order valence-electron chi connectivity index (χ3n) is 2.57. The van der Waals surface area contributed by atoms with Crippen LogP contribution in [-0.4, -0.2) is 14.5 Å². The summed E-state index contributed by atoms with van der Waals surface area (Å²) in [6.07, 6.45) is 4.72. The van der Waals surface area contributed by atoms with Crippen molar-refractivity contribution in [3.63, 3.8) is 0 Å². The molecule has 0 fully saturated rings. The summed E-state index contributed by atoms with van der Waals surface area (Å²) in [6, 6.07) is 5.95. The summed E-state index contributed by atoms with van der Waals surface area (Å²) in [5.74, 6) is -0.359.